The van der Waals surface area contributed by atoms with Gasteiger partial charge in [-0.1, -0.05) is 12.1 Å². The van der Waals surface area contributed by atoms with Crippen molar-refractivity contribution in [1.29, 1.82) is 0 Å². The highest BCUT2D eigenvalue weighted by Gasteiger charge is 2.33. The summed E-state index contributed by atoms with van der Waals surface area (Å²) in [4.78, 5) is 37.0. The van der Waals surface area contributed by atoms with E-state index >= 15 is 0 Å². The van der Waals surface area contributed by atoms with Crippen molar-refractivity contribution in [1.82, 2.24) is 29.5 Å². The summed E-state index contributed by atoms with van der Waals surface area (Å²) in [6.45, 7) is 4.31. The van der Waals surface area contributed by atoms with Crippen LogP contribution in [0.5, 0.6) is 0 Å². The van der Waals surface area contributed by atoms with Crippen LogP contribution >= 0.6 is 0 Å². The Morgan fingerprint density at radius 1 is 1.05 bits per heavy atom. The molecule has 6 rings (SSSR count). The van der Waals surface area contributed by atoms with E-state index in [1.807, 2.05) is 6.92 Å². The minimum atomic E-state index is -3.27. The molecule has 1 aromatic carbocycles. The van der Waals surface area contributed by atoms with E-state index < -0.39 is 9.84 Å². The quantitative estimate of drug-likeness (QED) is 0.360. The summed E-state index contributed by atoms with van der Waals surface area (Å²) in [6.07, 6.45) is 8.76. The zero-order chi connectivity index (χ0) is 26.6. The summed E-state index contributed by atoms with van der Waals surface area (Å²) in [5, 5.41) is 3.15. The normalized spacial score (nSPS) is 16.5. The Kier molecular flexibility index (Phi) is 5.97. The van der Waals surface area contributed by atoms with Crippen molar-refractivity contribution in [3.05, 3.63) is 64.1 Å². The molecule has 196 valence electrons. The number of aromatic nitrogens is 6. The molecule has 10 nitrogen and oxygen atoms in total. The Morgan fingerprint density at radius 2 is 1.79 bits per heavy atom. The number of rotatable bonds is 8. The molecule has 0 radical (unpaired) electrons. The summed E-state index contributed by atoms with van der Waals surface area (Å²) in [5.74, 6) is 1.54. The Labute approximate surface area is 220 Å². The smallest absolute Gasteiger partial charge is 0.295 e. The van der Waals surface area contributed by atoms with Gasteiger partial charge in [0.15, 0.2) is 27.1 Å². The van der Waals surface area contributed by atoms with Crippen molar-refractivity contribution in [2.24, 2.45) is 5.92 Å². The number of anilines is 1. The number of fused-ring (bicyclic) bond motifs is 1. The largest absolute Gasteiger partial charge is 0.361 e. The third-order valence-electron chi connectivity index (χ3n) is 7.41. The van der Waals surface area contributed by atoms with Gasteiger partial charge in [0.1, 0.15) is 11.8 Å². The summed E-state index contributed by atoms with van der Waals surface area (Å²) in [7, 11) is -3.27. The Morgan fingerprint density at radius 3 is 2.45 bits per heavy atom. The van der Waals surface area contributed by atoms with Gasteiger partial charge in [0.05, 0.1) is 28.0 Å². The van der Waals surface area contributed by atoms with Gasteiger partial charge in [-0.25, -0.2) is 33.3 Å². The Bertz CT molecular complexity index is 1710. The standard InChI is InChI=1S/C27H29N7O3S/c1-15-22(23(19-8-9-19)31-14-30-15)24-29-13-21-26(33-24)34(16(2)18-6-7-18)27(35)25(32-21)28-12-17-4-10-20(11-5-17)38(3,36)37/h4-5,10-11,13-14,16,18-19H,6-9,12H2,1-3H3,(H,28,32). The molecule has 0 bridgehead atoms. The van der Waals surface area contributed by atoms with Crippen LogP contribution in [0.1, 0.15) is 61.5 Å². The number of nitrogens with one attached hydrogen (secondary N) is 1. The first-order valence-electron chi connectivity index (χ1n) is 12.8. The fourth-order valence-corrected chi connectivity index (χ4v) is 5.51. The second-order valence-electron chi connectivity index (χ2n) is 10.4. The Balaban J connectivity index is 1.40. The molecule has 2 aliphatic carbocycles. The van der Waals surface area contributed by atoms with Gasteiger partial charge in [-0.15, -0.1) is 0 Å². The molecule has 4 aromatic rings. The number of sulfone groups is 1. The van der Waals surface area contributed by atoms with Crippen molar-refractivity contribution in [3.63, 3.8) is 0 Å². The highest BCUT2D eigenvalue weighted by atomic mass is 32.2. The van der Waals surface area contributed by atoms with Gasteiger partial charge >= 0.3 is 0 Å². The van der Waals surface area contributed by atoms with Crippen LogP contribution in [0, 0.1) is 12.8 Å². The average molecular weight is 532 g/mol. The van der Waals surface area contributed by atoms with E-state index in [0.29, 0.717) is 35.4 Å². The third kappa shape index (κ3) is 4.66. The zero-order valence-corrected chi connectivity index (χ0v) is 22.4. The van der Waals surface area contributed by atoms with Crippen molar-refractivity contribution in [3.8, 4) is 11.4 Å². The van der Waals surface area contributed by atoms with Gasteiger partial charge in [0.25, 0.3) is 5.56 Å². The highest BCUT2D eigenvalue weighted by molar-refractivity contribution is 7.90. The van der Waals surface area contributed by atoms with Gasteiger partial charge in [-0.2, -0.15) is 0 Å². The minimum absolute atomic E-state index is 0.0404. The van der Waals surface area contributed by atoms with E-state index in [9.17, 15) is 13.2 Å². The lowest BCUT2D eigenvalue weighted by Gasteiger charge is -2.19. The van der Waals surface area contributed by atoms with Crippen molar-refractivity contribution < 1.29 is 8.42 Å². The van der Waals surface area contributed by atoms with Crippen LogP contribution in [-0.2, 0) is 16.4 Å². The van der Waals surface area contributed by atoms with Crippen LogP contribution in [0.4, 0.5) is 5.82 Å². The number of hydrogen-bond donors (Lipinski definition) is 1. The van der Waals surface area contributed by atoms with Crippen LogP contribution in [0.2, 0.25) is 0 Å². The van der Waals surface area contributed by atoms with E-state index in [0.717, 1.165) is 48.2 Å². The summed E-state index contributed by atoms with van der Waals surface area (Å²) < 4.78 is 25.3. The minimum Gasteiger partial charge on any atom is -0.361 e. The average Bonchev–Trinajstić information content (AvgIpc) is 3.80. The molecule has 3 aromatic heterocycles. The number of aryl methyl sites for hydroxylation is 1. The maximum absolute atomic E-state index is 13.7. The Hall–Kier alpha value is -3.73. The molecule has 0 saturated heterocycles. The van der Waals surface area contributed by atoms with Crippen molar-refractivity contribution in [2.45, 2.75) is 62.9 Å². The van der Waals surface area contributed by atoms with Crippen molar-refractivity contribution >= 4 is 26.8 Å². The van der Waals surface area contributed by atoms with Gasteiger partial charge in [0.2, 0.25) is 0 Å². The first-order valence-corrected chi connectivity index (χ1v) is 14.7. The zero-order valence-electron chi connectivity index (χ0n) is 21.5. The van der Waals surface area contributed by atoms with E-state index in [2.05, 4.69) is 32.2 Å². The highest BCUT2D eigenvalue weighted by Crippen LogP contribution is 2.43. The molecule has 1 unspecified atom stereocenters. The maximum atomic E-state index is 13.7. The molecule has 11 heteroatoms. The SMILES string of the molecule is Cc1ncnc(C2CC2)c1-c1ncc2nc(NCc3ccc(S(C)(=O)=O)cc3)c(=O)n(C(C)C3CC3)c2n1. The number of hydrogen-bond acceptors (Lipinski definition) is 9. The molecule has 3 heterocycles. The first kappa shape index (κ1) is 24.6. The maximum Gasteiger partial charge on any atom is 0.295 e. The molecule has 1 N–H and O–H groups in total. The summed E-state index contributed by atoms with van der Waals surface area (Å²) in [6, 6.07) is 6.55. The van der Waals surface area contributed by atoms with Crippen LogP contribution in [0.25, 0.3) is 22.6 Å². The predicted molar refractivity (Wildman–Crippen MR) is 144 cm³/mol. The number of nitrogens with zero attached hydrogens (tertiary/aromatic N) is 6. The first-order chi connectivity index (χ1) is 18.2. The van der Waals surface area contributed by atoms with Crippen molar-refractivity contribution in [2.75, 3.05) is 11.6 Å². The second-order valence-corrected chi connectivity index (χ2v) is 12.4. The molecule has 0 spiro atoms. The molecule has 0 aliphatic heterocycles. The number of benzene rings is 1. The molecule has 0 amide bonds. The lowest BCUT2D eigenvalue weighted by atomic mass is 10.1. The summed E-state index contributed by atoms with van der Waals surface area (Å²) >= 11 is 0. The predicted octanol–water partition coefficient (Wildman–Crippen LogP) is 3.82. The second kappa shape index (κ2) is 9.23. The molecule has 1 atom stereocenters. The molecule has 38 heavy (non-hydrogen) atoms. The van der Waals surface area contributed by atoms with Crippen LogP contribution < -0.4 is 10.9 Å². The van der Waals surface area contributed by atoms with Crippen LogP contribution in [0.15, 0.2) is 46.5 Å². The van der Waals surface area contributed by atoms with E-state index in [4.69, 9.17) is 4.98 Å². The lowest BCUT2D eigenvalue weighted by molar-refractivity contribution is 0.482. The monoisotopic (exact) mass is 531 g/mol. The third-order valence-corrected chi connectivity index (χ3v) is 8.54. The fraction of sp³-hybridized carbons (Fsp3) is 0.407. The molecular formula is C27H29N7O3S. The molecular weight excluding hydrogens is 502 g/mol. The van der Waals surface area contributed by atoms with Crippen LogP contribution in [0.3, 0.4) is 0 Å². The van der Waals surface area contributed by atoms with E-state index in [-0.39, 0.29) is 22.3 Å². The van der Waals surface area contributed by atoms with Gasteiger partial charge < -0.3 is 5.32 Å². The van der Waals surface area contributed by atoms with E-state index in [1.165, 1.54) is 6.26 Å². The molecule has 2 aliphatic rings. The summed E-state index contributed by atoms with van der Waals surface area (Å²) in [5.41, 5.74) is 4.25. The lowest BCUT2D eigenvalue weighted by Crippen LogP contribution is -2.29. The van der Waals surface area contributed by atoms with Gasteiger partial charge in [0, 0.05) is 24.8 Å². The topological polar surface area (TPSA) is 133 Å². The fourth-order valence-electron chi connectivity index (χ4n) is 4.88. The van der Waals surface area contributed by atoms with E-state index in [1.54, 1.807) is 41.4 Å². The molecule has 2 saturated carbocycles. The molecule has 2 fully saturated rings. The van der Waals surface area contributed by atoms with Gasteiger partial charge in [-0.05, 0) is 63.1 Å². The van der Waals surface area contributed by atoms with Gasteiger partial charge in [-0.3, -0.25) is 9.36 Å². The van der Waals surface area contributed by atoms with Crippen LogP contribution in [-0.4, -0.2) is 44.2 Å².